The highest BCUT2D eigenvalue weighted by Gasteiger charge is 2.28. The molecule has 0 fully saturated rings. The van der Waals surface area contributed by atoms with Gasteiger partial charge in [0.1, 0.15) is 12.7 Å². The summed E-state index contributed by atoms with van der Waals surface area (Å²) in [6, 6.07) is 0. The highest BCUT2D eigenvalue weighted by Crippen LogP contribution is 2.43. The van der Waals surface area contributed by atoms with Crippen molar-refractivity contribution in [1.82, 2.24) is 0 Å². The molecule has 78 heavy (non-hydrogen) atoms. The van der Waals surface area contributed by atoms with Crippen LogP contribution in [-0.4, -0.2) is 66.5 Å². The van der Waals surface area contributed by atoms with E-state index < -0.39 is 57.8 Å². The zero-order valence-corrected chi connectivity index (χ0v) is 52.1. The minimum absolute atomic E-state index is 0.167. The molecule has 0 spiro atoms. The van der Waals surface area contributed by atoms with E-state index in [0.717, 1.165) is 70.6 Å². The van der Waals surface area contributed by atoms with Gasteiger partial charge in [0.2, 0.25) is 0 Å². The molecule has 0 rings (SSSR count). The Hall–Kier alpha value is -2.04. The molecule has 0 heterocycles. The molecule has 0 saturated carbocycles. The van der Waals surface area contributed by atoms with Gasteiger partial charge in [0.25, 0.3) is 0 Å². The zero-order chi connectivity index (χ0) is 56.9. The smallest absolute Gasteiger partial charge is 0.462 e. The van der Waals surface area contributed by atoms with Crippen LogP contribution >= 0.6 is 7.82 Å². The lowest BCUT2D eigenvalue weighted by molar-refractivity contribution is -0.161. The molecule has 0 saturated heterocycles. The number of aliphatic hydroxyl groups is 1. The molecule has 0 aliphatic carbocycles. The van der Waals surface area contributed by atoms with Gasteiger partial charge >= 0.3 is 25.7 Å². The Bertz CT molecular complexity index is 1400. The average molecular weight is 1130 g/mol. The van der Waals surface area contributed by atoms with E-state index in [4.69, 9.17) is 23.3 Å². The van der Waals surface area contributed by atoms with Gasteiger partial charge < -0.3 is 24.2 Å². The molecule has 12 heteroatoms. The van der Waals surface area contributed by atoms with E-state index in [9.17, 15) is 28.9 Å². The highest BCUT2D eigenvalue weighted by atomic mass is 31.2. The molecule has 0 aliphatic rings. The Labute approximate surface area is 480 Å². The van der Waals surface area contributed by atoms with Gasteiger partial charge in [0, 0.05) is 19.3 Å². The van der Waals surface area contributed by atoms with Crippen molar-refractivity contribution in [3.63, 3.8) is 0 Å². The summed E-state index contributed by atoms with van der Waals surface area (Å²) >= 11 is 0. The van der Waals surface area contributed by atoms with E-state index in [1.807, 2.05) is 0 Å². The second-order valence-corrected chi connectivity index (χ2v) is 24.1. The summed E-state index contributed by atoms with van der Waals surface area (Å²) in [7, 11) is -4.75. The fourth-order valence-electron chi connectivity index (χ4n) is 9.76. The number of rotatable bonds is 63. The van der Waals surface area contributed by atoms with E-state index in [1.54, 1.807) is 0 Å². The first kappa shape index (κ1) is 76.0. The number of unbranched alkanes of at least 4 members (excludes halogenated alkanes) is 42. The van der Waals surface area contributed by atoms with Crippen molar-refractivity contribution in [2.45, 2.75) is 354 Å². The van der Waals surface area contributed by atoms with Gasteiger partial charge in [-0.3, -0.25) is 23.4 Å². The standard InChI is InChI=1S/C66H125O11P/c1-4-7-10-13-16-19-22-25-28-31-34-37-40-43-46-49-52-55-64(68)73-59-63(77-66(70)57-54-51-48-45-42-39-36-33-30-27-24-21-18-15-12-9-6-3)61-75-78(71,72)74-60-62(58-67)76-65(69)56-53-50-47-44-41-38-35-32-29-26-23-20-17-14-11-8-5-2/h25,27-28,30,62-63,67H,4-24,26,29,31-61H2,1-3H3,(H,71,72)/b28-25-,30-27-. The van der Waals surface area contributed by atoms with Crippen LogP contribution in [0.2, 0.25) is 0 Å². The van der Waals surface area contributed by atoms with Crippen LogP contribution in [0.1, 0.15) is 342 Å². The topological polar surface area (TPSA) is 155 Å². The van der Waals surface area contributed by atoms with E-state index in [-0.39, 0.29) is 25.9 Å². The fraction of sp³-hybridized carbons (Fsp3) is 0.894. The Balaban J connectivity index is 4.65. The van der Waals surface area contributed by atoms with E-state index >= 15 is 0 Å². The minimum atomic E-state index is -4.75. The summed E-state index contributed by atoms with van der Waals surface area (Å²) in [6.45, 7) is 4.71. The van der Waals surface area contributed by atoms with Crippen molar-refractivity contribution in [2.75, 3.05) is 26.4 Å². The first-order chi connectivity index (χ1) is 38.2. The quantitative estimate of drug-likeness (QED) is 0.0197. The van der Waals surface area contributed by atoms with Crippen LogP contribution in [0.5, 0.6) is 0 Å². The highest BCUT2D eigenvalue weighted by molar-refractivity contribution is 7.47. The predicted octanol–water partition coefficient (Wildman–Crippen LogP) is 20.2. The van der Waals surface area contributed by atoms with Gasteiger partial charge in [0.15, 0.2) is 6.10 Å². The number of allylic oxidation sites excluding steroid dienone is 4. The second-order valence-electron chi connectivity index (χ2n) is 22.6. The summed E-state index contributed by atoms with van der Waals surface area (Å²) in [6.07, 6.45) is 64.1. The van der Waals surface area contributed by atoms with Crippen LogP contribution < -0.4 is 0 Å². The number of esters is 3. The third-order valence-corrected chi connectivity index (χ3v) is 15.8. The van der Waals surface area contributed by atoms with Gasteiger partial charge in [-0.1, -0.05) is 276 Å². The van der Waals surface area contributed by atoms with Gasteiger partial charge in [0.05, 0.1) is 19.8 Å². The summed E-state index contributed by atoms with van der Waals surface area (Å²) in [4.78, 5) is 48.8. The lowest BCUT2D eigenvalue weighted by atomic mass is 10.0. The summed E-state index contributed by atoms with van der Waals surface area (Å²) in [5, 5.41) is 9.86. The SMILES string of the molecule is CCCCCCCC/C=C\CCCCCCCCCC(=O)OCC(COP(=O)(O)OCC(CO)OC(=O)CCCCCCCCCCCCCCCCCCC)OC(=O)CCCCCCCCC/C=C\CCCCCCCC. The molecule has 460 valence electrons. The molecule has 0 aromatic rings. The van der Waals surface area contributed by atoms with Gasteiger partial charge in [-0.15, -0.1) is 0 Å². The summed E-state index contributed by atoms with van der Waals surface area (Å²) < 4.78 is 39.7. The van der Waals surface area contributed by atoms with Crippen molar-refractivity contribution in [2.24, 2.45) is 0 Å². The molecular weight excluding hydrogens is 1000 g/mol. The molecule has 3 atom stereocenters. The third kappa shape index (κ3) is 58.6. The molecule has 2 N–H and O–H groups in total. The first-order valence-corrected chi connectivity index (χ1v) is 34.7. The van der Waals surface area contributed by atoms with Crippen LogP contribution in [0.25, 0.3) is 0 Å². The Morgan fingerprint density at radius 1 is 0.346 bits per heavy atom. The van der Waals surface area contributed by atoms with Crippen molar-refractivity contribution in [3.05, 3.63) is 24.3 Å². The monoisotopic (exact) mass is 1120 g/mol. The van der Waals surface area contributed by atoms with E-state index in [1.165, 1.54) is 212 Å². The molecule has 0 radical (unpaired) electrons. The average Bonchev–Trinajstić information content (AvgIpc) is 3.43. The first-order valence-electron chi connectivity index (χ1n) is 33.2. The molecule has 0 amide bonds. The molecule has 0 aromatic carbocycles. The number of hydrogen-bond acceptors (Lipinski definition) is 10. The molecule has 11 nitrogen and oxygen atoms in total. The minimum Gasteiger partial charge on any atom is -0.462 e. The van der Waals surface area contributed by atoms with Gasteiger partial charge in [-0.2, -0.15) is 0 Å². The number of carbonyl (C=O) groups excluding carboxylic acids is 3. The Kier molecular flexibility index (Phi) is 59.4. The zero-order valence-electron chi connectivity index (χ0n) is 51.2. The van der Waals surface area contributed by atoms with Gasteiger partial charge in [-0.25, -0.2) is 4.57 Å². The summed E-state index contributed by atoms with van der Waals surface area (Å²) in [5.41, 5.74) is 0. The largest absolute Gasteiger partial charge is 0.472 e. The van der Waals surface area contributed by atoms with Crippen LogP contribution in [0, 0.1) is 0 Å². The molecule has 0 aliphatic heterocycles. The number of ether oxygens (including phenoxy) is 3. The predicted molar refractivity (Wildman–Crippen MR) is 326 cm³/mol. The van der Waals surface area contributed by atoms with Crippen molar-refractivity contribution in [1.29, 1.82) is 0 Å². The maximum absolute atomic E-state index is 13.0. The van der Waals surface area contributed by atoms with Gasteiger partial charge in [-0.05, 0) is 70.6 Å². The molecule has 0 bridgehead atoms. The number of carbonyl (C=O) groups is 3. The van der Waals surface area contributed by atoms with Crippen molar-refractivity contribution in [3.8, 4) is 0 Å². The van der Waals surface area contributed by atoms with Crippen LogP contribution in [-0.2, 0) is 42.2 Å². The van der Waals surface area contributed by atoms with E-state index in [2.05, 4.69) is 45.1 Å². The van der Waals surface area contributed by atoms with Crippen LogP contribution in [0.3, 0.4) is 0 Å². The van der Waals surface area contributed by atoms with Crippen LogP contribution in [0.4, 0.5) is 0 Å². The lowest BCUT2D eigenvalue weighted by Crippen LogP contribution is -2.30. The Morgan fingerprint density at radius 3 is 0.885 bits per heavy atom. The van der Waals surface area contributed by atoms with Crippen LogP contribution in [0.15, 0.2) is 24.3 Å². The number of aliphatic hydroxyl groups excluding tert-OH is 1. The number of hydrogen-bond donors (Lipinski definition) is 2. The number of phosphoric ester groups is 1. The second kappa shape index (κ2) is 61.0. The maximum Gasteiger partial charge on any atom is 0.472 e. The Morgan fingerprint density at radius 2 is 0.590 bits per heavy atom. The lowest BCUT2D eigenvalue weighted by Gasteiger charge is -2.21. The molecule has 0 aromatic heterocycles. The molecule has 3 unspecified atom stereocenters. The summed E-state index contributed by atoms with van der Waals surface area (Å²) in [5.74, 6) is -1.44. The molecular formula is C66H125O11P. The normalized spacial score (nSPS) is 13.3. The van der Waals surface area contributed by atoms with Crippen molar-refractivity contribution >= 4 is 25.7 Å². The van der Waals surface area contributed by atoms with Crippen molar-refractivity contribution < 1.29 is 52.2 Å². The number of phosphoric acid groups is 1. The van der Waals surface area contributed by atoms with E-state index in [0.29, 0.717) is 19.3 Å². The maximum atomic E-state index is 13.0. The fourth-order valence-corrected chi connectivity index (χ4v) is 10.5. The third-order valence-electron chi connectivity index (χ3n) is 14.8.